The molecule has 2 rings (SSSR count). The van der Waals surface area contributed by atoms with Gasteiger partial charge in [0.15, 0.2) is 0 Å². The van der Waals surface area contributed by atoms with Crippen molar-refractivity contribution in [3.05, 3.63) is 17.8 Å². The molecule has 1 aromatic rings. The number of anilines is 2. The van der Waals surface area contributed by atoms with E-state index in [2.05, 4.69) is 10.3 Å². The fourth-order valence-corrected chi connectivity index (χ4v) is 2.28. The summed E-state index contributed by atoms with van der Waals surface area (Å²) >= 11 is 0. The molecule has 1 saturated carbocycles. The second kappa shape index (κ2) is 5.19. The minimum atomic E-state index is 0.818. The van der Waals surface area contributed by atoms with Crippen LogP contribution >= 0.6 is 0 Å². The van der Waals surface area contributed by atoms with Gasteiger partial charge in [-0.3, -0.25) is 0 Å². The molecule has 0 unspecified atom stereocenters. The van der Waals surface area contributed by atoms with E-state index in [4.69, 9.17) is 5.73 Å². The normalized spacial score (nSPS) is 17.3. The predicted octanol–water partition coefficient (Wildman–Crippen LogP) is 2.96. The maximum Gasteiger partial charge on any atom is 0.127 e. The first-order valence-electron chi connectivity index (χ1n) is 6.21. The molecule has 88 valence electrons. The average molecular weight is 219 g/mol. The van der Waals surface area contributed by atoms with Crippen molar-refractivity contribution in [3.8, 4) is 0 Å². The van der Waals surface area contributed by atoms with Gasteiger partial charge in [-0.15, -0.1) is 0 Å². The number of rotatable bonds is 3. The summed E-state index contributed by atoms with van der Waals surface area (Å²) in [6, 6.07) is 1.93. The zero-order chi connectivity index (χ0) is 11.4. The minimum absolute atomic E-state index is 0.818. The number of nitrogens with two attached hydrogens (primary N) is 1. The number of nitrogens with one attached hydrogen (secondary N) is 1. The van der Waals surface area contributed by atoms with Crippen LogP contribution in [0.1, 0.15) is 37.7 Å². The monoisotopic (exact) mass is 219 g/mol. The smallest absolute Gasteiger partial charge is 0.127 e. The van der Waals surface area contributed by atoms with Gasteiger partial charge in [0.2, 0.25) is 0 Å². The van der Waals surface area contributed by atoms with Gasteiger partial charge in [-0.25, -0.2) is 4.98 Å². The van der Waals surface area contributed by atoms with Gasteiger partial charge in [-0.1, -0.05) is 19.3 Å². The van der Waals surface area contributed by atoms with Crippen LogP contribution in [0.25, 0.3) is 0 Å². The van der Waals surface area contributed by atoms with Crippen molar-refractivity contribution in [2.45, 2.75) is 39.0 Å². The molecule has 1 aromatic heterocycles. The van der Waals surface area contributed by atoms with Crippen molar-refractivity contribution in [1.29, 1.82) is 0 Å². The highest BCUT2D eigenvalue weighted by atomic mass is 15.0. The van der Waals surface area contributed by atoms with E-state index in [-0.39, 0.29) is 0 Å². The van der Waals surface area contributed by atoms with E-state index in [1.54, 1.807) is 0 Å². The molecule has 1 aliphatic carbocycles. The Labute approximate surface area is 97.5 Å². The molecule has 0 amide bonds. The third kappa shape index (κ3) is 2.87. The van der Waals surface area contributed by atoms with Crippen LogP contribution < -0.4 is 11.1 Å². The summed E-state index contributed by atoms with van der Waals surface area (Å²) in [4.78, 5) is 4.33. The number of nitrogen functional groups attached to an aromatic ring is 1. The van der Waals surface area contributed by atoms with Crippen molar-refractivity contribution >= 4 is 11.5 Å². The minimum Gasteiger partial charge on any atom is -0.398 e. The average Bonchev–Trinajstić information content (AvgIpc) is 2.32. The Balaban J connectivity index is 1.86. The standard InChI is InChI=1S/C13H21N3/c1-10-8-15-13(7-12(10)14)16-9-11-5-3-2-4-6-11/h7-8,11H,2-6,9H2,1H3,(H3,14,15,16). The van der Waals surface area contributed by atoms with Gasteiger partial charge >= 0.3 is 0 Å². The Bertz CT molecular complexity index is 343. The number of hydrogen-bond donors (Lipinski definition) is 2. The zero-order valence-electron chi connectivity index (χ0n) is 10.00. The topological polar surface area (TPSA) is 50.9 Å². The fraction of sp³-hybridized carbons (Fsp3) is 0.615. The van der Waals surface area contributed by atoms with E-state index in [0.717, 1.165) is 29.5 Å². The Morgan fingerprint density at radius 1 is 1.38 bits per heavy atom. The highest BCUT2D eigenvalue weighted by molar-refractivity contribution is 5.53. The largest absolute Gasteiger partial charge is 0.398 e. The molecule has 1 fully saturated rings. The van der Waals surface area contributed by atoms with E-state index < -0.39 is 0 Å². The van der Waals surface area contributed by atoms with Crippen LogP contribution in [-0.2, 0) is 0 Å². The predicted molar refractivity (Wildman–Crippen MR) is 68.5 cm³/mol. The lowest BCUT2D eigenvalue weighted by molar-refractivity contribution is 0.373. The lowest BCUT2D eigenvalue weighted by Crippen LogP contribution is -2.17. The van der Waals surface area contributed by atoms with Crippen LogP contribution in [0, 0.1) is 12.8 Å². The molecule has 1 heterocycles. The van der Waals surface area contributed by atoms with Gasteiger partial charge in [0.25, 0.3) is 0 Å². The van der Waals surface area contributed by atoms with E-state index in [1.165, 1.54) is 32.1 Å². The molecule has 0 radical (unpaired) electrons. The first-order valence-corrected chi connectivity index (χ1v) is 6.21. The lowest BCUT2D eigenvalue weighted by Gasteiger charge is -2.22. The molecule has 0 spiro atoms. The third-order valence-corrected chi connectivity index (χ3v) is 3.44. The van der Waals surface area contributed by atoms with Gasteiger partial charge in [-0.05, 0) is 31.2 Å². The lowest BCUT2D eigenvalue weighted by atomic mass is 9.89. The molecule has 0 atom stereocenters. The van der Waals surface area contributed by atoms with Crippen molar-refractivity contribution in [2.75, 3.05) is 17.6 Å². The number of nitrogens with zero attached hydrogens (tertiary/aromatic N) is 1. The quantitative estimate of drug-likeness (QED) is 0.821. The molecule has 3 nitrogen and oxygen atoms in total. The molecule has 16 heavy (non-hydrogen) atoms. The zero-order valence-corrected chi connectivity index (χ0v) is 10.00. The molecule has 3 heteroatoms. The molecule has 1 aliphatic rings. The van der Waals surface area contributed by atoms with Gasteiger partial charge in [-0.2, -0.15) is 0 Å². The van der Waals surface area contributed by atoms with Crippen LogP contribution in [0.2, 0.25) is 0 Å². The van der Waals surface area contributed by atoms with E-state index in [0.29, 0.717) is 0 Å². The summed E-state index contributed by atoms with van der Waals surface area (Å²) in [5, 5.41) is 3.39. The van der Waals surface area contributed by atoms with E-state index >= 15 is 0 Å². The second-order valence-corrected chi connectivity index (χ2v) is 4.81. The summed E-state index contributed by atoms with van der Waals surface area (Å²) in [6.45, 7) is 3.02. The van der Waals surface area contributed by atoms with Crippen LogP contribution in [0.4, 0.5) is 11.5 Å². The van der Waals surface area contributed by atoms with Crippen LogP contribution in [0.5, 0.6) is 0 Å². The summed E-state index contributed by atoms with van der Waals surface area (Å²) in [6.07, 6.45) is 8.72. The van der Waals surface area contributed by atoms with Crippen LogP contribution in [0.15, 0.2) is 12.3 Å². The van der Waals surface area contributed by atoms with E-state index in [9.17, 15) is 0 Å². The highest BCUT2D eigenvalue weighted by Crippen LogP contribution is 2.24. The van der Waals surface area contributed by atoms with Gasteiger partial charge in [0.05, 0.1) is 0 Å². The summed E-state index contributed by atoms with van der Waals surface area (Å²) in [7, 11) is 0. The Morgan fingerprint density at radius 3 is 2.81 bits per heavy atom. The third-order valence-electron chi connectivity index (χ3n) is 3.44. The van der Waals surface area contributed by atoms with Crippen molar-refractivity contribution in [1.82, 2.24) is 4.98 Å². The van der Waals surface area contributed by atoms with Crippen molar-refractivity contribution in [3.63, 3.8) is 0 Å². The first kappa shape index (κ1) is 11.2. The summed E-state index contributed by atoms with van der Waals surface area (Å²) in [5.74, 6) is 1.73. The van der Waals surface area contributed by atoms with Crippen molar-refractivity contribution in [2.24, 2.45) is 5.92 Å². The molecular formula is C13H21N3. The number of hydrogen-bond acceptors (Lipinski definition) is 3. The molecule has 3 N–H and O–H groups in total. The van der Waals surface area contributed by atoms with Gasteiger partial charge in [0, 0.05) is 24.5 Å². The Kier molecular flexibility index (Phi) is 3.65. The van der Waals surface area contributed by atoms with Gasteiger partial charge in [0.1, 0.15) is 5.82 Å². The van der Waals surface area contributed by atoms with Gasteiger partial charge < -0.3 is 11.1 Å². The SMILES string of the molecule is Cc1cnc(NCC2CCCCC2)cc1N. The maximum atomic E-state index is 5.85. The number of aryl methyl sites for hydroxylation is 1. The molecule has 0 aliphatic heterocycles. The van der Waals surface area contributed by atoms with Crippen molar-refractivity contribution < 1.29 is 0 Å². The summed E-state index contributed by atoms with van der Waals surface area (Å²) < 4.78 is 0. The molecular weight excluding hydrogens is 198 g/mol. The Hall–Kier alpha value is -1.25. The molecule has 0 aromatic carbocycles. The van der Waals surface area contributed by atoms with E-state index in [1.807, 2.05) is 19.2 Å². The Morgan fingerprint density at radius 2 is 2.12 bits per heavy atom. The first-order chi connectivity index (χ1) is 7.75. The van der Waals surface area contributed by atoms with Crippen LogP contribution in [-0.4, -0.2) is 11.5 Å². The number of aromatic nitrogens is 1. The second-order valence-electron chi connectivity index (χ2n) is 4.81. The molecule has 0 saturated heterocycles. The fourth-order valence-electron chi connectivity index (χ4n) is 2.28. The summed E-state index contributed by atoms with van der Waals surface area (Å²) in [5.41, 5.74) is 7.71. The highest BCUT2D eigenvalue weighted by Gasteiger charge is 2.13. The number of pyridine rings is 1. The maximum absolute atomic E-state index is 5.85. The molecule has 0 bridgehead atoms. The van der Waals surface area contributed by atoms with Crippen LogP contribution in [0.3, 0.4) is 0 Å².